The Morgan fingerprint density at radius 3 is 2.32 bits per heavy atom. The van der Waals surface area contributed by atoms with Crippen LogP contribution in [-0.4, -0.2) is 39.6 Å². The smallest absolute Gasteiger partial charge is 0.304 e. The molecule has 1 aromatic heterocycles. The van der Waals surface area contributed by atoms with Gasteiger partial charge < -0.3 is 14.9 Å². The van der Waals surface area contributed by atoms with E-state index in [9.17, 15) is 14.1 Å². The first-order valence-corrected chi connectivity index (χ1v) is 13.7. The van der Waals surface area contributed by atoms with Crippen LogP contribution in [0.15, 0.2) is 28.5 Å². The Balaban J connectivity index is 2.32. The van der Waals surface area contributed by atoms with Gasteiger partial charge in [0, 0.05) is 16.8 Å². The molecular formula is C26H39NO5S2. The molecule has 2 atom stereocenters. The van der Waals surface area contributed by atoms with Crippen molar-refractivity contribution in [2.45, 2.75) is 83.5 Å². The zero-order chi connectivity index (χ0) is 25.7. The van der Waals surface area contributed by atoms with Gasteiger partial charge in [0.15, 0.2) is 0 Å². The van der Waals surface area contributed by atoms with E-state index in [4.69, 9.17) is 9.84 Å². The first kappa shape index (κ1) is 28.5. The molecule has 0 aliphatic carbocycles. The molecule has 0 aliphatic rings. The summed E-state index contributed by atoms with van der Waals surface area (Å²) in [4.78, 5) is 11.9. The van der Waals surface area contributed by atoms with Gasteiger partial charge >= 0.3 is 5.97 Å². The Kier molecular flexibility index (Phi) is 9.89. The predicted molar refractivity (Wildman–Crippen MR) is 139 cm³/mol. The van der Waals surface area contributed by atoms with E-state index in [1.165, 1.54) is 16.9 Å². The molecule has 1 aromatic carbocycles. The molecule has 0 fully saturated rings. The molecule has 0 spiro atoms. The van der Waals surface area contributed by atoms with Gasteiger partial charge in [-0.05, 0) is 60.9 Å². The van der Waals surface area contributed by atoms with E-state index in [2.05, 4.69) is 36.8 Å². The van der Waals surface area contributed by atoms with E-state index in [1.807, 2.05) is 40.7 Å². The second-order valence-electron chi connectivity index (χ2n) is 9.85. The molecule has 0 radical (unpaired) electrons. The van der Waals surface area contributed by atoms with Crippen LogP contribution in [0.2, 0.25) is 0 Å². The SMILES string of the molecule is CCC(CC)(c1ccc(OCC(O)C(C)(C)C)c(C)c1)c1cc(C)c(S(=O)NCCC(=O)O)s1. The van der Waals surface area contributed by atoms with Gasteiger partial charge in [-0.15, -0.1) is 11.3 Å². The van der Waals surface area contributed by atoms with Crippen LogP contribution in [0.4, 0.5) is 0 Å². The second kappa shape index (κ2) is 11.8. The minimum Gasteiger partial charge on any atom is -0.491 e. The summed E-state index contributed by atoms with van der Waals surface area (Å²) in [5.41, 5.74) is 2.66. The Morgan fingerprint density at radius 1 is 1.15 bits per heavy atom. The fraction of sp³-hybridized carbons (Fsp3) is 0.577. The highest BCUT2D eigenvalue weighted by atomic mass is 32.2. The summed E-state index contributed by atoms with van der Waals surface area (Å²) in [6, 6.07) is 8.34. The summed E-state index contributed by atoms with van der Waals surface area (Å²) in [5, 5.41) is 19.2. The third-order valence-electron chi connectivity index (χ3n) is 6.42. The molecule has 0 saturated carbocycles. The fourth-order valence-electron chi connectivity index (χ4n) is 3.88. The van der Waals surface area contributed by atoms with Crippen molar-refractivity contribution in [2.24, 2.45) is 5.41 Å². The molecular weight excluding hydrogens is 470 g/mol. The zero-order valence-corrected chi connectivity index (χ0v) is 23.0. The maximum atomic E-state index is 12.8. The summed E-state index contributed by atoms with van der Waals surface area (Å²) in [6.07, 6.45) is 1.13. The van der Waals surface area contributed by atoms with E-state index in [-0.39, 0.29) is 30.4 Å². The molecule has 0 amide bonds. The molecule has 8 heteroatoms. The number of nitrogens with one attached hydrogen (secondary N) is 1. The van der Waals surface area contributed by atoms with Crippen molar-refractivity contribution in [3.8, 4) is 5.75 Å². The third kappa shape index (κ3) is 6.68. The summed E-state index contributed by atoms with van der Waals surface area (Å²) in [5.74, 6) is -0.153. The molecule has 3 N–H and O–H groups in total. The highest BCUT2D eigenvalue weighted by Gasteiger charge is 2.34. The minimum atomic E-state index is -1.45. The second-order valence-corrected chi connectivity index (χ2v) is 12.4. The molecule has 34 heavy (non-hydrogen) atoms. The van der Waals surface area contributed by atoms with Crippen LogP contribution in [0.25, 0.3) is 0 Å². The van der Waals surface area contributed by atoms with E-state index in [0.717, 1.165) is 38.8 Å². The first-order chi connectivity index (χ1) is 15.9. The summed E-state index contributed by atoms with van der Waals surface area (Å²) in [7, 11) is -1.45. The van der Waals surface area contributed by atoms with Crippen molar-refractivity contribution >= 4 is 28.3 Å². The summed E-state index contributed by atoms with van der Waals surface area (Å²) < 4.78 is 22.3. The minimum absolute atomic E-state index is 0.0721. The molecule has 6 nitrogen and oxygen atoms in total. The molecule has 2 rings (SSSR count). The fourth-order valence-corrected chi connectivity index (χ4v) is 6.65. The number of aryl methyl sites for hydroxylation is 2. The maximum Gasteiger partial charge on any atom is 0.304 e. The van der Waals surface area contributed by atoms with E-state index < -0.39 is 23.1 Å². The Bertz CT molecular complexity index is 1010. The largest absolute Gasteiger partial charge is 0.491 e. The molecule has 0 saturated heterocycles. The number of aliphatic hydroxyl groups is 1. The topological polar surface area (TPSA) is 95.9 Å². The van der Waals surface area contributed by atoms with Gasteiger partial charge in [-0.3, -0.25) is 4.79 Å². The lowest BCUT2D eigenvalue weighted by Gasteiger charge is -2.32. The van der Waals surface area contributed by atoms with Gasteiger partial charge in [0.05, 0.1) is 12.5 Å². The average Bonchev–Trinajstić information content (AvgIpc) is 3.15. The van der Waals surface area contributed by atoms with Crippen molar-refractivity contribution in [3.05, 3.63) is 45.8 Å². The molecule has 2 unspecified atom stereocenters. The van der Waals surface area contributed by atoms with Gasteiger partial charge in [0.1, 0.15) is 27.6 Å². The summed E-state index contributed by atoms with van der Waals surface area (Å²) >= 11 is 1.53. The van der Waals surface area contributed by atoms with Gasteiger partial charge in [-0.1, -0.05) is 46.8 Å². The van der Waals surface area contributed by atoms with Crippen LogP contribution >= 0.6 is 11.3 Å². The number of carboxylic acid groups (broad SMARTS) is 1. The number of hydrogen-bond acceptors (Lipinski definition) is 5. The van der Waals surface area contributed by atoms with Crippen molar-refractivity contribution < 1.29 is 24.0 Å². The Labute approximate surface area is 210 Å². The number of hydrogen-bond donors (Lipinski definition) is 3. The molecule has 190 valence electrons. The predicted octanol–water partition coefficient (Wildman–Crippen LogP) is 5.34. The molecule has 0 bridgehead atoms. The maximum absolute atomic E-state index is 12.8. The lowest BCUT2D eigenvalue weighted by Crippen LogP contribution is -2.32. The lowest BCUT2D eigenvalue weighted by molar-refractivity contribution is -0.136. The van der Waals surface area contributed by atoms with Crippen molar-refractivity contribution in [1.29, 1.82) is 0 Å². The standard InChI is InChI=1S/C26H39NO5S2/c1-8-26(9-2,22-15-18(4)24(33-22)34(31)27-13-12-23(29)30)19-10-11-20(17(3)14-19)32-16-21(28)25(5,6)7/h10-11,14-15,21,27-28H,8-9,12-13,16H2,1-7H3,(H,29,30). The van der Waals surface area contributed by atoms with Gasteiger partial charge in [-0.25, -0.2) is 8.93 Å². The average molecular weight is 510 g/mol. The number of rotatable bonds is 12. The van der Waals surface area contributed by atoms with Gasteiger partial charge in [0.2, 0.25) is 0 Å². The van der Waals surface area contributed by atoms with E-state index in [1.54, 1.807) is 0 Å². The number of thiophene rings is 1. The normalized spacial score (nSPS) is 14.1. The van der Waals surface area contributed by atoms with Crippen molar-refractivity contribution in [3.63, 3.8) is 0 Å². The molecule has 1 heterocycles. The summed E-state index contributed by atoms with van der Waals surface area (Å²) in [6.45, 7) is 14.7. The monoisotopic (exact) mass is 509 g/mol. The van der Waals surface area contributed by atoms with Crippen LogP contribution in [-0.2, 0) is 21.2 Å². The van der Waals surface area contributed by atoms with Crippen LogP contribution in [0.1, 0.15) is 75.4 Å². The van der Waals surface area contributed by atoms with E-state index >= 15 is 0 Å². The molecule has 2 aromatic rings. The Morgan fingerprint density at radius 2 is 1.79 bits per heavy atom. The van der Waals surface area contributed by atoms with Crippen molar-refractivity contribution in [2.75, 3.05) is 13.2 Å². The van der Waals surface area contributed by atoms with Gasteiger partial charge in [0.25, 0.3) is 0 Å². The van der Waals surface area contributed by atoms with Crippen molar-refractivity contribution in [1.82, 2.24) is 4.72 Å². The lowest BCUT2D eigenvalue weighted by atomic mass is 9.74. The molecule has 0 aliphatic heterocycles. The quantitative estimate of drug-likeness (QED) is 0.359. The number of carboxylic acids is 1. The number of aliphatic hydroxyl groups excluding tert-OH is 1. The highest BCUT2D eigenvalue weighted by Crippen LogP contribution is 2.44. The van der Waals surface area contributed by atoms with Gasteiger partial charge in [-0.2, -0.15) is 0 Å². The first-order valence-electron chi connectivity index (χ1n) is 11.8. The number of benzene rings is 1. The number of aliphatic carboxylic acids is 1. The van der Waals surface area contributed by atoms with Crippen LogP contribution in [0, 0.1) is 19.3 Å². The van der Waals surface area contributed by atoms with Crippen LogP contribution in [0.5, 0.6) is 5.75 Å². The number of carbonyl (C=O) groups is 1. The number of ether oxygens (including phenoxy) is 1. The van der Waals surface area contributed by atoms with E-state index in [0.29, 0.717) is 0 Å². The van der Waals surface area contributed by atoms with Crippen LogP contribution < -0.4 is 9.46 Å². The Hall–Kier alpha value is -1.74. The highest BCUT2D eigenvalue weighted by molar-refractivity contribution is 7.85. The van der Waals surface area contributed by atoms with Crippen LogP contribution in [0.3, 0.4) is 0 Å². The zero-order valence-electron chi connectivity index (χ0n) is 21.4. The third-order valence-corrected chi connectivity index (χ3v) is 9.48.